The number of pyridine rings is 1. The molecule has 100 valence electrons. The highest BCUT2D eigenvalue weighted by Gasteiger charge is 2.12. The van der Waals surface area contributed by atoms with Crippen molar-refractivity contribution in [3.8, 4) is 0 Å². The quantitative estimate of drug-likeness (QED) is 0.781. The topological polar surface area (TPSA) is 38.9 Å². The Morgan fingerprint density at radius 3 is 2.75 bits per heavy atom. The van der Waals surface area contributed by atoms with Gasteiger partial charge in [0.1, 0.15) is 0 Å². The Hall–Kier alpha value is -1.71. The lowest BCUT2D eigenvalue weighted by atomic mass is 9.96. The molecule has 2 aromatic carbocycles. The van der Waals surface area contributed by atoms with Crippen molar-refractivity contribution >= 4 is 26.7 Å². The van der Waals surface area contributed by atoms with Crippen LogP contribution in [-0.2, 0) is 6.42 Å². The van der Waals surface area contributed by atoms with Crippen LogP contribution in [0.3, 0.4) is 0 Å². The molecule has 0 saturated carbocycles. The Labute approximate surface area is 126 Å². The number of aromatic nitrogens is 1. The molecule has 1 unspecified atom stereocenters. The van der Waals surface area contributed by atoms with Crippen molar-refractivity contribution in [2.24, 2.45) is 5.73 Å². The van der Waals surface area contributed by atoms with Gasteiger partial charge >= 0.3 is 0 Å². The van der Waals surface area contributed by atoms with E-state index >= 15 is 0 Å². The summed E-state index contributed by atoms with van der Waals surface area (Å²) in [7, 11) is 0. The molecule has 20 heavy (non-hydrogen) atoms. The summed E-state index contributed by atoms with van der Waals surface area (Å²) in [5.74, 6) is 0. The number of hydrogen-bond acceptors (Lipinski definition) is 2. The highest BCUT2D eigenvalue weighted by atomic mass is 79.9. The van der Waals surface area contributed by atoms with Crippen LogP contribution in [-0.4, -0.2) is 4.98 Å². The molecule has 1 aromatic heterocycles. The Bertz CT molecular complexity index is 734. The Morgan fingerprint density at radius 1 is 1.05 bits per heavy atom. The van der Waals surface area contributed by atoms with Crippen molar-refractivity contribution in [3.05, 3.63) is 76.5 Å². The van der Waals surface area contributed by atoms with Gasteiger partial charge in [-0.15, -0.1) is 0 Å². The third kappa shape index (κ3) is 2.60. The van der Waals surface area contributed by atoms with Crippen molar-refractivity contribution in [1.29, 1.82) is 0 Å². The van der Waals surface area contributed by atoms with E-state index in [0.717, 1.165) is 21.8 Å². The lowest BCUT2D eigenvalue weighted by molar-refractivity contribution is 0.726. The van der Waals surface area contributed by atoms with Gasteiger partial charge in [0.05, 0.1) is 0 Å². The minimum Gasteiger partial charge on any atom is -0.324 e. The maximum atomic E-state index is 6.41. The number of benzene rings is 2. The zero-order valence-corrected chi connectivity index (χ0v) is 12.5. The lowest BCUT2D eigenvalue weighted by Gasteiger charge is -2.15. The number of hydrogen-bond donors (Lipinski definition) is 1. The van der Waals surface area contributed by atoms with Crippen LogP contribution >= 0.6 is 15.9 Å². The first-order valence-electron chi connectivity index (χ1n) is 6.57. The summed E-state index contributed by atoms with van der Waals surface area (Å²) in [6.45, 7) is 0. The van der Waals surface area contributed by atoms with E-state index in [1.807, 2.05) is 36.7 Å². The fraction of sp³-hybridized carbons (Fsp3) is 0.118. The molecule has 1 atom stereocenters. The van der Waals surface area contributed by atoms with Crippen molar-refractivity contribution < 1.29 is 0 Å². The molecule has 3 aromatic rings. The third-order valence-electron chi connectivity index (χ3n) is 3.51. The van der Waals surface area contributed by atoms with E-state index in [0.29, 0.717) is 0 Å². The van der Waals surface area contributed by atoms with Crippen LogP contribution in [0, 0.1) is 0 Å². The van der Waals surface area contributed by atoms with Gasteiger partial charge < -0.3 is 5.73 Å². The van der Waals surface area contributed by atoms with Gasteiger partial charge in [-0.25, -0.2) is 0 Å². The number of nitrogens with two attached hydrogens (primary N) is 1. The zero-order chi connectivity index (χ0) is 13.9. The normalized spacial score (nSPS) is 12.5. The third-order valence-corrected chi connectivity index (χ3v) is 4.29. The van der Waals surface area contributed by atoms with E-state index in [-0.39, 0.29) is 6.04 Å². The van der Waals surface area contributed by atoms with E-state index in [2.05, 4.69) is 45.2 Å². The van der Waals surface area contributed by atoms with Gasteiger partial charge in [0.25, 0.3) is 0 Å². The van der Waals surface area contributed by atoms with Crippen LogP contribution in [0.2, 0.25) is 0 Å². The minimum absolute atomic E-state index is 0.0402. The summed E-state index contributed by atoms with van der Waals surface area (Å²) in [5, 5.41) is 2.31. The number of halogens is 1. The second-order valence-corrected chi connectivity index (χ2v) is 5.70. The van der Waals surface area contributed by atoms with Crippen LogP contribution in [0.1, 0.15) is 17.2 Å². The first-order chi connectivity index (χ1) is 9.75. The van der Waals surface area contributed by atoms with Gasteiger partial charge in [0, 0.05) is 28.3 Å². The first kappa shape index (κ1) is 13.3. The summed E-state index contributed by atoms with van der Waals surface area (Å²) in [6, 6.07) is 16.4. The van der Waals surface area contributed by atoms with Crippen LogP contribution in [0.5, 0.6) is 0 Å². The van der Waals surface area contributed by atoms with Gasteiger partial charge in [-0.2, -0.15) is 0 Å². The number of fused-ring (bicyclic) bond motifs is 1. The lowest BCUT2D eigenvalue weighted by Crippen LogP contribution is -2.14. The van der Waals surface area contributed by atoms with Gasteiger partial charge in [-0.3, -0.25) is 4.98 Å². The molecule has 3 rings (SSSR count). The SMILES string of the molecule is NC(Cc1ccccc1Br)c1cccc2ccncc12. The Kier molecular flexibility index (Phi) is 3.81. The molecule has 0 bridgehead atoms. The van der Waals surface area contributed by atoms with E-state index in [1.165, 1.54) is 10.9 Å². The molecule has 2 nitrogen and oxygen atoms in total. The molecule has 1 heterocycles. The molecule has 0 amide bonds. The fourth-order valence-corrected chi connectivity index (χ4v) is 2.92. The van der Waals surface area contributed by atoms with Crippen molar-refractivity contribution in [2.45, 2.75) is 12.5 Å². The summed E-state index contributed by atoms with van der Waals surface area (Å²) < 4.78 is 1.11. The molecule has 0 aliphatic carbocycles. The Morgan fingerprint density at radius 2 is 1.90 bits per heavy atom. The molecular formula is C17H15BrN2. The fourth-order valence-electron chi connectivity index (χ4n) is 2.47. The van der Waals surface area contributed by atoms with E-state index < -0.39 is 0 Å². The standard InChI is InChI=1S/C17H15BrN2/c18-16-7-2-1-4-13(16)10-17(19)14-6-3-5-12-8-9-20-11-15(12)14/h1-9,11,17H,10,19H2. The number of nitrogens with zero attached hydrogens (tertiary/aromatic N) is 1. The summed E-state index contributed by atoms with van der Waals surface area (Å²) in [5.41, 5.74) is 8.78. The monoisotopic (exact) mass is 326 g/mol. The number of rotatable bonds is 3. The predicted molar refractivity (Wildman–Crippen MR) is 86.5 cm³/mol. The van der Waals surface area contributed by atoms with E-state index in [1.54, 1.807) is 0 Å². The van der Waals surface area contributed by atoms with Crippen LogP contribution in [0.15, 0.2) is 65.4 Å². The molecule has 0 saturated heterocycles. The van der Waals surface area contributed by atoms with Crippen molar-refractivity contribution in [3.63, 3.8) is 0 Å². The van der Waals surface area contributed by atoms with Crippen LogP contribution in [0.25, 0.3) is 10.8 Å². The van der Waals surface area contributed by atoms with Gasteiger partial charge in [-0.1, -0.05) is 52.3 Å². The molecule has 0 aliphatic rings. The smallest absolute Gasteiger partial charge is 0.0349 e. The summed E-state index contributed by atoms with van der Waals surface area (Å²) in [6.07, 6.45) is 4.51. The summed E-state index contributed by atoms with van der Waals surface area (Å²) >= 11 is 3.58. The zero-order valence-electron chi connectivity index (χ0n) is 11.0. The second-order valence-electron chi connectivity index (χ2n) is 4.85. The molecular weight excluding hydrogens is 312 g/mol. The van der Waals surface area contributed by atoms with E-state index in [9.17, 15) is 0 Å². The van der Waals surface area contributed by atoms with Gasteiger partial charge in [0.2, 0.25) is 0 Å². The minimum atomic E-state index is -0.0402. The maximum Gasteiger partial charge on any atom is 0.0349 e. The average molecular weight is 327 g/mol. The molecule has 3 heteroatoms. The second kappa shape index (κ2) is 5.73. The predicted octanol–water partition coefficient (Wildman–Crippen LogP) is 4.24. The molecule has 0 radical (unpaired) electrons. The van der Waals surface area contributed by atoms with Crippen LogP contribution < -0.4 is 5.73 Å². The van der Waals surface area contributed by atoms with Gasteiger partial charge in [0.15, 0.2) is 0 Å². The molecule has 0 aliphatic heterocycles. The molecule has 2 N–H and O–H groups in total. The molecule has 0 spiro atoms. The van der Waals surface area contributed by atoms with Gasteiger partial charge in [-0.05, 0) is 35.1 Å². The van der Waals surface area contributed by atoms with Crippen molar-refractivity contribution in [2.75, 3.05) is 0 Å². The average Bonchev–Trinajstić information content (AvgIpc) is 2.49. The van der Waals surface area contributed by atoms with Crippen molar-refractivity contribution in [1.82, 2.24) is 4.98 Å². The largest absolute Gasteiger partial charge is 0.324 e. The maximum absolute atomic E-state index is 6.41. The highest BCUT2D eigenvalue weighted by molar-refractivity contribution is 9.10. The highest BCUT2D eigenvalue weighted by Crippen LogP contribution is 2.26. The summed E-state index contributed by atoms with van der Waals surface area (Å²) in [4.78, 5) is 4.22. The molecule has 0 fully saturated rings. The first-order valence-corrected chi connectivity index (χ1v) is 7.36. The van der Waals surface area contributed by atoms with Crippen LogP contribution in [0.4, 0.5) is 0 Å². The Balaban J connectivity index is 1.97. The van der Waals surface area contributed by atoms with E-state index in [4.69, 9.17) is 5.73 Å².